The predicted octanol–water partition coefficient (Wildman–Crippen LogP) is 3.07. The van der Waals surface area contributed by atoms with Crippen molar-refractivity contribution in [2.24, 2.45) is 0 Å². The molecule has 2 fully saturated rings. The van der Waals surface area contributed by atoms with E-state index in [1.807, 2.05) is 31.2 Å². The van der Waals surface area contributed by atoms with Gasteiger partial charge in [0.15, 0.2) is 0 Å². The van der Waals surface area contributed by atoms with Gasteiger partial charge in [-0.25, -0.2) is 4.79 Å². The summed E-state index contributed by atoms with van der Waals surface area (Å²) in [6.45, 7) is 3.76. The predicted molar refractivity (Wildman–Crippen MR) is 103 cm³/mol. The van der Waals surface area contributed by atoms with Crippen molar-refractivity contribution in [3.8, 4) is 0 Å². The number of aryl methyl sites for hydroxylation is 1. The van der Waals surface area contributed by atoms with Gasteiger partial charge in [-0.3, -0.25) is 14.5 Å². The Morgan fingerprint density at radius 3 is 2.37 bits per heavy atom. The van der Waals surface area contributed by atoms with Crippen LogP contribution in [0.4, 0.5) is 4.79 Å². The quantitative estimate of drug-likeness (QED) is 0.781. The van der Waals surface area contributed by atoms with E-state index >= 15 is 0 Å². The van der Waals surface area contributed by atoms with Crippen LogP contribution in [0.2, 0.25) is 0 Å². The molecule has 0 radical (unpaired) electrons. The summed E-state index contributed by atoms with van der Waals surface area (Å²) in [5.41, 5.74) is 1.44. The van der Waals surface area contributed by atoms with E-state index in [0.717, 1.165) is 42.6 Å². The van der Waals surface area contributed by atoms with Gasteiger partial charge in [-0.2, -0.15) is 0 Å². The minimum absolute atomic E-state index is 0.184. The maximum Gasteiger partial charge on any atom is 0.325 e. The van der Waals surface area contributed by atoms with Gasteiger partial charge < -0.3 is 10.6 Å². The Morgan fingerprint density at radius 1 is 1.15 bits per heavy atom. The van der Waals surface area contributed by atoms with Crippen molar-refractivity contribution >= 4 is 17.8 Å². The number of imide groups is 1. The van der Waals surface area contributed by atoms with E-state index in [9.17, 15) is 14.4 Å². The van der Waals surface area contributed by atoms with E-state index in [1.54, 1.807) is 0 Å². The minimum atomic E-state index is -0.796. The molecule has 1 aromatic carbocycles. The van der Waals surface area contributed by atoms with Crippen LogP contribution < -0.4 is 10.6 Å². The van der Waals surface area contributed by atoms with Crippen molar-refractivity contribution in [1.82, 2.24) is 15.5 Å². The molecule has 1 saturated carbocycles. The largest absolute Gasteiger partial charge is 0.348 e. The fraction of sp³-hybridized carbons (Fsp3) is 0.571. The molecule has 1 spiro atoms. The van der Waals surface area contributed by atoms with E-state index in [0.29, 0.717) is 12.8 Å². The van der Waals surface area contributed by atoms with Crippen LogP contribution in [-0.4, -0.2) is 34.8 Å². The number of carbonyl (C=O) groups is 3. The molecule has 1 heterocycles. The van der Waals surface area contributed by atoms with Crippen molar-refractivity contribution in [3.05, 3.63) is 35.4 Å². The Balaban J connectivity index is 1.61. The van der Waals surface area contributed by atoms with E-state index in [1.165, 1.54) is 5.56 Å². The van der Waals surface area contributed by atoms with Crippen LogP contribution in [0.25, 0.3) is 0 Å². The number of hydrogen-bond donors (Lipinski definition) is 2. The number of nitrogens with one attached hydrogen (secondary N) is 2. The van der Waals surface area contributed by atoms with Crippen LogP contribution in [-0.2, 0) is 16.0 Å². The number of hydrogen-bond acceptors (Lipinski definition) is 3. The molecule has 1 atom stereocenters. The summed E-state index contributed by atoms with van der Waals surface area (Å²) in [5.74, 6) is -0.569. The lowest BCUT2D eigenvalue weighted by atomic mass is 9.90. The fourth-order valence-electron chi connectivity index (χ4n) is 4.05. The van der Waals surface area contributed by atoms with Crippen molar-refractivity contribution in [1.29, 1.82) is 0 Å². The molecule has 6 heteroatoms. The maximum absolute atomic E-state index is 12.9. The van der Waals surface area contributed by atoms with E-state index in [2.05, 4.69) is 17.6 Å². The molecule has 4 amide bonds. The summed E-state index contributed by atoms with van der Waals surface area (Å²) < 4.78 is 0. The molecule has 2 aliphatic rings. The molecule has 1 aliphatic heterocycles. The first-order chi connectivity index (χ1) is 12.9. The highest BCUT2D eigenvalue weighted by Gasteiger charge is 2.51. The monoisotopic (exact) mass is 371 g/mol. The number of nitrogens with zero attached hydrogens (tertiary/aromatic N) is 1. The Labute approximate surface area is 160 Å². The molecule has 1 aliphatic carbocycles. The third-order valence-corrected chi connectivity index (χ3v) is 5.77. The van der Waals surface area contributed by atoms with Crippen LogP contribution in [0.1, 0.15) is 69.5 Å². The summed E-state index contributed by atoms with van der Waals surface area (Å²) in [7, 11) is 0. The summed E-state index contributed by atoms with van der Waals surface area (Å²) in [5, 5.41) is 5.76. The van der Waals surface area contributed by atoms with Crippen LogP contribution in [0.15, 0.2) is 24.3 Å². The third kappa shape index (κ3) is 4.15. The molecule has 1 unspecified atom stereocenters. The highest BCUT2D eigenvalue weighted by molar-refractivity contribution is 6.09. The molecular weight excluding hydrogens is 342 g/mol. The summed E-state index contributed by atoms with van der Waals surface area (Å²) in [6.07, 6.45) is 6.31. The highest BCUT2D eigenvalue weighted by Crippen LogP contribution is 2.32. The lowest BCUT2D eigenvalue weighted by molar-refractivity contribution is -0.135. The van der Waals surface area contributed by atoms with Gasteiger partial charge in [0.2, 0.25) is 5.91 Å². The molecule has 0 aromatic heterocycles. The Kier molecular flexibility index (Phi) is 5.82. The highest BCUT2D eigenvalue weighted by atomic mass is 16.2. The Bertz CT molecular complexity index is 706. The molecule has 1 saturated heterocycles. The van der Waals surface area contributed by atoms with Gasteiger partial charge in [-0.15, -0.1) is 0 Å². The zero-order valence-electron chi connectivity index (χ0n) is 16.2. The van der Waals surface area contributed by atoms with Crippen LogP contribution in [0.3, 0.4) is 0 Å². The Hall–Kier alpha value is -2.37. The maximum atomic E-state index is 12.9. The van der Waals surface area contributed by atoms with Gasteiger partial charge in [-0.1, -0.05) is 56.9 Å². The van der Waals surface area contributed by atoms with Crippen molar-refractivity contribution in [3.63, 3.8) is 0 Å². The van der Waals surface area contributed by atoms with Crippen molar-refractivity contribution in [2.45, 2.75) is 70.4 Å². The molecule has 1 aromatic rings. The molecule has 146 valence electrons. The summed E-state index contributed by atoms with van der Waals surface area (Å²) in [6, 6.07) is 7.46. The van der Waals surface area contributed by atoms with Crippen LogP contribution in [0, 0.1) is 0 Å². The first-order valence-corrected chi connectivity index (χ1v) is 9.97. The molecule has 2 N–H and O–H groups in total. The molecule has 27 heavy (non-hydrogen) atoms. The molecule has 6 nitrogen and oxygen atoms in total. The summed E-state index contributed by atoms with van der Waals surface area (Å²) >= 11 is 0. The van der Waals surface area contributed by atoms with Gasteiger partial charge in [-0.05, 0) is 37.3 Å². The first kappa shape index (κ1) is 19.4. The zero-order chi connectivity index (χ0) is 19.4. The number of urea groups is 1. The van der Waals surface area contributed by atoms with Gasteiger partial charge in [0.05, 0.1) is 6.04 Å². The Morgan fingerprint density at radius 2 is 1.78 bits per heavy atom. The average molecular weight is 371 g/mol. The number of rotatable bonds is 5. The topological polar surface area (TPSA) is 78.5 Å². The van der Waals surface area contributed by atoms with E-state index < -0.39 is 11.6 Å². The zero-order valence-corrected chi connectivity index (χ0v) is 16.2. The SMILES string of the molecule is CCc1ccc(C(C)NC(=O)CN2C(=O)NC3(CCCCCC3)C2=O)cc1. The lowest BCUT2D eigenvalue weighted by Gasteiger charge is -2.24. The third-order valence-electron chi connectivity index (χ3n) is 5.77. The summed E-state index contributed by atoms with van der Waals surface area (Å²) in [4.78, 5) is 38.7. The van der Waals surface area contributed by atoms with Crippen LogP contribution in [0.5, 0.6) is 0 Å². The lowest BCUT2D eigenvalue weighted by Crippen LogP contribution is -2.47. The standard InChI is InChI=1S/C21H29N3O3/c1-3-16-8-10-17(11-9-16)15(2)22-18(25)14-24-19(26)21(23-20(24)27)12-6-4-5-7-13-21/h8-11,15H,3-7,12-14H2,1-2H3,(H,22,25)(H,23,27). The van der Waals surface area contributed by atoms with Crippen LogP contribution >= 0.6 is 0 Å². The average Bonchev–Trinajstić information content (AvgIpc) is 2.83. The smallest absolute Gasteiger partial charge is 0.325 e. The normalized spacial score (nSPS) is 20.3. The first-order valence-electron chi connectivity index (χ1n) is 9.97. The van der Waals surface area contributed by atoms with E-state index in [-0.39, 0.29) is 24.4 Å². The second-order valence-electron chi connectivity index (χ2n) is 7.70. The van der Waals surface area contributed by atoms with Crippen molar-refractivity contribution < 1.29 is 14.4 Å². The van der Waals surface area contributed by atoms with Gasteiger partial charge in [0.1, 0.15) is 12.1 Å². The van der Waals surface area contributed by atoms with E-state index in [4.69, 9.17) is 0 Å². The minimum Gasteiger partial charge on any atom is -0.348 e. The number of amides is 4. The second-order valence-corrected chi connectivity index (χ2v) is 7.70. The molecular formula is C21H29N3O3. The molecule has 0 bridgehead atoms. The number of benzene rings is 1. The van der Waals surface area contributed by atoms with Gasteiger partial charge >= 0.3 is 6.03 Å². The van der Waals surface area contributed by atoms with Gasteiger partial charge in [0.25, 0.3) is 5.91 Å². The molecule has 3 rings (SSSR count). The van der Waals surface area contributed by atoms with Crippen molar-refractivity contribution in [2.75, 3.05) is 6.54 Å². The number of carbonyl (C=O) groups excluding carboxylic acids is 3. The fourth-order valence-corrected chi connectivity index (χ4v) is 4.05. The second kappa shape index (κ2) is 8.11. The van der Waals surface area contributed by atoms with Gasteiger partial charge in [0, 0.05) is 0 Å².